The number of benzene rings is 1. The first kappa shape index (κ1) is 9.33. The molecule has 1 fully saturated rings. The van der Waals surface area contributed by atoms with Crippen molar-refractivity contribution in [1.29, 1.82) is 0 Å². The lowest BCUT2D eigenvalue weighted by atomic mass is 9.96. The third kappa shape index (κ3) is 1.24. The Morgan fingerprint density at radius 1 is 1.29 bits per heavy atom. The number of aromatic hydroxyl groups is 1. The van der Waals surface area contributed by atoms with Crippen molar-refractivity contribution in [2.24, 2.45) is 0 Å². The lowest BCUT2D eigenvalue weighted by Crippen LogP contribution is -2.35. The second-order valence-corrected chi connectivity index (χ2v) is 3.21. The lowest BCUT2D eigenvalue weighted by Gasteiger charge is -2.28. The van der Waals surface area contributed by atoms with Gasteiger partial charge in [0.25, 0.3) is 0 Å². The van der Waals surface area contributed by atoms with Crippen LogP contribution in [0.1, 0.15) is 18.0 Å². The van der Waals surface area contributed by atoms with Gasteiger partial charge in [0.15, 0.2) is 17.5 Å². The average Bonchev–Trinajstić information content (AvgIpc) is 2.05. The maximum Gasteiger partial charge on any atom is 0.195 e. The summed E-state index contributed by atoms with van der Waals surface area (Å²) in [5.41, 5.74) is -0.185. The molecule has 76 valence electrons. The Hall–Kier alpha value is -1.23. The van der Waals surface area contributed by atoms with Crippen molar-refractivity contribution in [1.82, 2.24) is 5.32 Å². The van der Waals surface area contributed by atoms with Crippen LogP contribution in [0.15, 0.2) is 6.07 Å². The molecule has 1 aromatic rings. The first-order chi connectivity index (χ1) is 6.61. The van der Waals surface area contributed by atoms with E-state index in [1.54, 1.807) is 0 Å². The van der Waals surface area contributed by atoms with Gasteiger partial charge >= 0.3 is 0 Å². The van der Waals surface area contributed by atoms with Crippen LogP contribution in [0.2, 0.25) is 0 Å². The molecule has 1 saturated heterocycles. The molecule has 0 bridgehead atoms. The predicted molar refractivity (Wildman–Crippen MR) is 43.3 cm³/mol. The van der Waals surface area contributed by atoms with E-state index in [2.05, 4.69) is 5.32 Å². The maximum atomic E-state index is 13.2. The largest absolute Gasteiger partial charge is 0.507 e. The fraction of sp³-hybridized carbons (Fsp3) is 0.333. The van der Waals surface area contributed by atoms with E-state index < -0.39 is 29.2 Å². The number of phenols is 1. The molecule has 5 heteroatoms. The van der Waals surface area contributed by atoms with Gasteiger partial charge in [0.2, 0.25) is 0 Å². The van der Waals surface area contributed by atoms with Crippen LogP contribution in [-0.4, -0.2) is 11.7 Å². The van der Waals surface area contributed by atoms with E-state index in [1.165, 1.54) is 0 Å². The molecular weight excluding hydrogens is 195 g/mol. The van der Waals surface area contributed by atoms with E-state index in [0.717, 1.165) is 0 Å². The summed E-state index contributed by atoms with van der Waals surface area (Å²) in [5.74, 6) is -4.76. The minimum Gasteiger partial charge on any atom is -0.507 e. The maximum absolute atomic E-state index is 13.2. The van der Waals surface area contributed by atoms with E-state index >= 15 is 0 Å². The molecule has 2 rings (SSSR count). The molecule has 1 aliphatic heterocycles. The molecule has 0 aliphatic carbocycles. The number of nitrogens with one attached hydrogen (secondary N) is 1. The molecule has 14 heavy (non-hydrogen) atoms. The Bertz CT molecular complexity index is 377. The summed E-state index contributed by atoms with van der Waals surface area (Å²) in [6.45, 7) is 0.683. The first-order valence-electron chi connectivity index (χ1n) is 4.21. The number of hydrogen-bond donors (Lipinski definition) is 2. The van der Waals surface area contributed by atoms with Gasteiger partial charge in [-0.3, -0.25) is 0 Å². The van der Waals surface area contributed by atoms with Gasteiger partial charge in [0.05, 0.1) is 0 Å². The van der Waals surface area contributed by atoms with Gasteiger partial charge in [-0.15, -0.1) is 0 Å². The van der Waals surface area contributed by atoms with E-state index in [0.29, 0.717) is 19.0 Å². The van der Waals surface area contributed by atoms with Crippen LogP contribution in [0, 0.1) is 17.5 Å². The molecule has 1 aromatic carbocycles. The quantitative estimate of drug-likeness (QED) is 0.682. The fourth-order valence-corrected chi connectivity index (χ4v) is 1.46. The van der Waals surface area contributed by atoms with E-state index in [-0.39, 0.29) is 5.56 Å². The van der Waals surface area contributed by atoms with E-state index in [9.17, 15) is 18.3 Å². The summed E-state index contributed by atoms with van der Waals surface area (Å²) in [6, 6.07) is 0.179. The van der Waals surface area contributed by atoms with Crippen molar-refractivity contribution < 1.29 is 18.3 Å². The van der Waals surface area contributed by atoms with Gasteiger partial charge in [-0.2, -0.15) is 0 Å². The summed E-state index contributed by atoms with van der Waals surface area (Å²) >= 11 is 0. The minimum absolute atomic E-state index is 0.185. The minimum atomic E-state index is -1.54. The molecule has 0 spiro atoms. The molecule has 0 amide bonds. The van der Waals surface area contributed by atoms with Crippen LogP contribution in [-0.2, 0) is 0 Å². The van der Waals surface area contributed by atoms with Crippen molar-refractivity contribution in [3.63, 3.8) is 0 Å². The monoisotopic (exact) mass is 203 g/mol. The second kappa shape index (κ2) is 3.16. The van der Waals surface area contributed by atoms with Crippen LogP contribution in [0.5, 0.6) is 5.75 Å². The summed E-state index contributed by atoms with van der Waals surface area (Å²) in [7, 11) is 0. The normalized spacial score (nSPS) is 20.6. The highest BCUT2D eigenvalue weighted by Crippen LogP contribution is 2.34. The van der Waals surface area contributed by atoms with Crippen molar-refractivity contribution in [2.75, 3.05) is 6.54 Å². The fourth-order valence-electron chi connectivity index (χ4n) is 1.46. The highest BCUT2D eigenvalue weighted by molar-refractivity contribution is 5.38. The summed E-state index contributed by atoms with van der Waals surface area (Å²) in [4.78, 5) is 0. The van der Waals surface area contributed by atoms with Crippen LogP contribution < -0.4 is 5.32 Å². The SMILES string of the molecule is Oc1cc(F)c(F)c(F)c1[C@H]1CCN1. The molecule has 0 unspecified atom stereocenters. The van der Waals surface area contributed by atoms with Crippen molar-refractivity contribution in [3.8, 4) is 5.75 Å². The molecule has 2 nitrogen and oxygen atoms in total. The van der Waals surface area contributed by atoms with Gasteiger partial charge in [-0.1, -0.05) is 0 Å². The smallest absolute Gasteiger partial charge is 0.195 e. The molecular formula is C9H8F3NO. The molecule has 1 atom stereocenters. The zero-order valence-corrected chi connectivity index (χ0v) is 7.15. The Morgan fingerprint density at radius 3 is 2.43 bits per heavy atom. The zero-order valence-electron chi connectivity index (χ0n) is 7.15. The molecule has 0 radical (unpaired) electrons. The highest BCUT2D eigenvalue weighted by atomic mass is 19.2. The van der Waals surface area contributed by atoms with Gasteiger partial charge in [-0.25, -0.2) is 13.2 Å². The Morgan fingerprint density at radius 2 is 1.93 bits per heavy atom. The molecule has 1 heterocycles. The molecule has 2 N–H and O–H groups in total. The third-order valence-corrected chi connectivity index (χ3v) is 2.35. The summed E-state index contributed by atoms with van der Waals surface area (Å²) < 4.78 is 38.6. The lowest BCUT2D eigenvalue weighted by molar-refractivity contribution is 0.335. The molecule has 0 saturated carbocycles. The van der Waals surface area contributed by atoms with Crippen LogP contribution in [0.4, 0.5) is 13.2 Å². The number of rotatable bonds is 1. The topological polar surface area (TPSA) is 32.3 Å². The summed E-state index contributed by atoms with van der Waals surface area (Å²) in [6.07, 6.45) is 0.607. The van der Waals surface area contributed by atoms with E-state index in [4.69, 9.17) is 0 Å². The first-order valence-corrected chi connectivity index (χ1v) is 4.21. The van der Waals surface area contributed by atoms with Crippen LogP contribution >= 0.6 is 0 Å². The van der Waals surface area contributed by atoms with Gasteiger partial charge < -0.3 is 10.4 Å². The number of halogens is 3. The van der Waals surface area contributed by atoms with Gasteiger partial charge in [-0.05, 0) is 13.0 Å². The molecule has 0 aromatic heterocycles. The zero-order chi connectivity index (χ0) is 10.3. The standard InChI is InChI=1S/C9H8F3NO/c10-4-3-6(14)7(5-1-2-13-5)9(12)8(4)11/h3,5,13-14H,1-2H2/t5-/m1/s1. The second-order valence-electron chi connectivity index (χ2n) is 3.21. The Labute approximate surface area is 78.4 Å². The number of phenolic OH excluding ortho intramolecular Hbond substituents is 1. The van der Waals surface area contributed by atoms with Crippen LogP contribution in [0.3, 0.4) is 0 Å². The van der Waals surface area contributed by atoms with Crippen molar-refractivity contribution in [3.05, 3.63) is 29.1 Å². The third-order valence-electron chi connectivity index (χ3n) is 2.35. The van der Waals surface area contributed by atoms with Gasteiger partial charge in [0.1, 0.15) is 5.75 Å². The van der Waals surface area contributed by atoms with Crippen molar-refractivity contribution >= 4 is 0 Å². The van der Waals surface area contributed by atoms with Crippen LogP contribution in [0.25, 0.3) is 0 Å². The molecule has 1 aliphatic rings. The van der Waals surface area contributed by atoms with Gasteiger partial charge in [0, 0.05) is 17.7 Å². The van der Waals surface area contributed by atoms with Crippen molar-refractivity contribution in [2.45, 2.75) is 12.5 Å². The Balaban J connectivity index is 2.52. The average molecular weight is 203 g/mol. The predicted octanol–water partition coefficient (Wildman–Crippen LogP) is 1.84. The summed E-state index contributed by atoms with van der Waals surface area (Å²) in [5, 5.41) is 12.0. The number of hydrogen-bond acceptors (Lipinski definition) is 2. The highest BCUT2D eigenvalue weighted by Gasteiger charge is 2.28. The van der Waals surface area contributed by atoms with E-state index in [1.807, 2.05) is 0 Å². The Kier molecular flexibility index (Phi) is 2.11.